The molecule has 8 heteroatoms. The van der Waals surface area contributed by atoms with Gasteiger partial charge < -0.3 is 20.3 Å². The first kappa shape index (κ1) is 24.3. The van der Waals surface area contributed by atoms with Crippen molar-refractivity contribution in [3.05, 3.63) is 65.2 Å². The lowest BCUT2D eigenvalue weighted by Crippen LogP contribution is -2.44. The number of aromatic nitrogens is 1. The third-order valence-electron chi connectivity index (χ3n) is 5.51. The van der Waals surface area contributed by atoms with Crippen LogP contribution in [0.2, 0.25) is 0 Å². The van der Waals surface area contributed by atoms with Crippen molar-refractivity contribution in [2.24, 2.45) is 4.99 Å². The predicted molar refractivity (Wildman–Crippen MR) is 145 cm³/mol. The van der Waals surface area contributed by atoms with Crippen LogP contribution in [0.3, 0.4) is 0 Å². The Labute approximate surface area is 211 Å². The molecule has 2 aromatic carbocycles. The van der Waals surface area contributed by atoms with Crippen molar-refractivity contribution in [3.63, 3.8) is 0 Å². The number of ether oxygens (including phenoxy) is 1. The van der Waals surface area contributed by atoms with Gasteiger partial charge in [-0.05, 0) is 25.5 Å². The molecule has 0 amide bonds. The number of nitrogens with one attached hydrogen (secondary N) is 2. The molecule has 32 heavy (non-hydrogen) atoms. The van der Waals surface area contributed by atoms with Crippen molar-refractivity contribution in [1.82, 2.24) is 15.6 Å². The number of thiazole rings is 1. The van der Waals surface area contributed by atoms with Crippen molar-refractivity contribution in [3.8, 4) is 16.3 Å². The van der Waals surface area contributed by atoms with Gasteiger partial charge in [-0.1, -0.05) is 42.5 Å². The minimum atomic E-state index is 0. The van der Waals surface area contributed by atoms with E-state index in [9.17, 15) is 0 Å². The van der Waals surface area contributed by atoms with Crippen LogP contribution in [-0.4, -0.2) is 44.2 Å². The minimum absolute atomic E-state index is 0. The van der Waals surface area contributed by atoms with Gasteiger partial charge in [0.1, 0.15) is 10.8 Å². The summed E-state index contributed by atoms with van der Waals surface area (Å²) in [6.45, 7) is 4.68. The highest BCUT2D eigenvalue weighted by Crippen LogP contribution is 2.30. The van der Waals surface area contributed by atoms with Crippen LogP contribution in [0, 0.1) is 6.92 Å². The van der Waals surface area contributed by atoms with Gasteiger partial charge in [-0.25, -0.2) is 4.98 Å². The molecular weight excluding hydrogens is 533 g/mol. The van der Waals surface area contributed by atoms with Crippen LogP contribution in [0.25, 0.3) is 10.6 Å². The normalized spacial score (nSPS) is 15.9. The zero-order valence-corrected chi connectivity index (χ0v) is 21.8. The fourth-order valence-electron chi connectivity index (χ4n) is 3.84. The number of aryl methyl sites for hydroxylation is 1. The third kappa shape index (κ3) is 5.72. The smallest absolute Gasteiger partial charge is 0.191 e. The Hall–Kier alpha value is -2.33. The van der Waals surface area contributed by atoms with E-state index >= 15 is 0 Å². The van der Waals surface area contributed by atoms with Crippen LogP contribution in [0.5, 0.6) is 5.75 Å². The zero-order chi connectivity index (χ0) is 21.6. The van der Waals surface area contributed by atoms with Gasteiger partial charge in [-0.3, -0.25) is 4.99 Å². The predicted octanol–water partition coefficient (Wildman–Crippen LogP) is 4.69. The van der Waals surface area contributed by atoms with Gasteiger partial charge in [0.15, 0.2) is 5.96 Å². The van der Waals surface area contributed by atoms with E-state index in [0.29, 0.717) is 12.6 Å². The Kier molecular flexibility index (Phi) is 8.75. The number of halogens is 1. The second-order valence-corrected chi connectivity index (χ2v) is 8.65. The first-order valence-corrected chi connectivity index (χ1v) is 11.4. The highest BCUT2D eigenvalue weighted by Gasteiger charge is 2.25. The van der Waals surface area contributed by atoms with E-state index < -0.39 is 0 Å². The van der Waals surface area contributed by atoms with Crippen LogP contribution in [-0.2, 0) is 6.54 Å². The van der Waals surface area contributed by atoms with Crippen molar-refractivity contribution >= 4 is 47.0 Å². The molecule has 2 N–H and O–H groups in total. The average Bonchev–Trinajstić information content (AvgIpc) is 3.43. The maximum atomic E-state index is 5.53. The zero-order valence-electron chi connectivity index (χ0n) is 18.7. The van der Waals surface area contributed by atoms with E-state index in [1.165, 1.54) is 4.88 Å². The summed E-state index contributed by atoms with van der Waals surface area (Å²) in [7, 11) is 3.54. The summed E-state index contributed by atoms with van der Waals surface area (Å²) >= 11 is 1.73. The highest BCUT2D eigenvalue weighted by molar-refractivity contribution is 14.0. The molecule has 1 aliphatic rings. The summed E-state index contributed by atoms with van der Waals surface area (Å²) in [4.78, 5) is 12.8. The third-order valence-corrected chi connectivity index (χ3v) is 6.71. The van der Waals surface area contributed by atoms with Gasteiger partial charge in [-0.15, -0.1) is 35.3 Å². The maximum absolute atomic E-state index is 5.53. The molecule has 4 rings (SSSR count). The lowest BCUT2D eigenvalue weighted by Gasteiger charge is -2.22. The van der Waals surface area contributed by atoms with Crippen molar-refractivity contribution in [1.29, 1.82) is 0 Å². The number of aliphatic imine (C=N–C) groups is 1. The van der Waals surface area contributed by atoms with Gasteiger partial charge in [0.05, 0.1) is 25.0 Å². The van der Waals surface area contributed by atoms with E-state index in [-0.39, 0.29) is 24.0 Å². The maximum Gasteiger partial charge on any atom is 0.191 e. The number of hydrogen-bond donors (Lipinski definition) is 2. The topological polar surface area (TPSA) is 61.8 Å². The summed E-state index contributed by atoms with van der Waals surface area (Å²) in [6.07, 6.45) is 1.05. The van der Waals surface area contributed by atoms with E-state index in [1.54, 1.807) is 18.4 Å². The second-order valence-electron chi connectivity index (χ2n) is 7.57. The quantitative estimate of drug-likeness (QED) is 0.259. The summed E-state index contributed by atoms with van der Waals surface area (Å²) in [5.74, 6) is 1.74. The summed E-state index contributed by atoms with van der Waals surface area (Å²) in [6, 6.07) is 18.8. The Bertz CT molecular complexity index is 1040. The van der Waals surface area contributed by atoms with Gasteiger partial charge in [0.2, 0.25) is 0 Å². The molecule has 1 saturated heterocycles. The first-order chi connectivity index (χ1) is 15.2. The number of methoxy groups -OCH3 is 1. The number of anilines is 1. The number of para-hydroxylation sites is 2. The van der Waals surface area contributed by atoms with Crippen LogP contribution < -0.4 is 20.3 Å². The molecule has 0 aliphatic carbocycles. The molecule has 3 aromatic rings. The second kappa shape index (κ2) is 11.5. The molecule has 0 radical (unpaired) electrons. The van der Waals surface area contributed by atoms with Crippen molar-refractivity contribution in [2.45, 2.75) is 25.9 Å². The van der Waals surface area contributed by atoms with Gasteiger partial charge in [0, 0.05) is 36.6 Å². The molecule has 1 atom stereocenters. The van der Waals surface area contributed by atoms with Gasteiger partial charge >= 0.3 is 0 Å². The molecule has 1 unspecified atom stereocenters. The molecule has 1 aromatic heterocycles. The molecule has 6 nitrogen and oxygen atoms in total. The number of hydrogen-bond acceptors (Lipinski definition) is 5. The van der Waals surface area contributed by atoms with E-state index in [1.807, 2.05) is 37.4 Å². The first-order valence-electron chi connectivity index (χ1n) is 10.5. The molecule has 2 heterocycles. The minimum Gasteiger partial charge on any atom is -0.495 e. The summed E-state index contributed by atoms with van der Waals surface area (Å²) in [5.41, 5.74) is 3.37. The average molecular weight is 564 g/mol. The van der Waals surface area contributed by atoms with Crippen molar-refractivity contribution < 1.29 is 4.74 Å². The van der Waals surface area contributed by atoms with Gasteiger partial charge in [-0.2, -0.15) is 0 Å². The molecule has 170 valence electrons. The standard InChI is InChI=1S/C24H29N5OS.HI/c1-17-22(31-23(27-17)18-9-5-4-6-10-18)15-26-24(25-2)28-19-13-14-29(16-19)20-11-7-8-12-21(20)30-3;/h4-12,19H,13-16H2,1-3H3,(H2,25,26,28);1H. The monoisotopic (exact) mass is 563 g/mol. The van der Waals surface area contributed by atoms with E-state index in [4.69, 9.17) is 9.72 Å². The fourth-order valence-corrected chi connectivity index (χ4v) is 4.84. The van der Waals surface area contributed by atoms with Gasteiger partial charge in [0.25, 0.3) is 0 Å². The number of benzene rings is 2. The number of rotatable bonds is 6. The molecule has 0 saturated carbocycles. The summed E-state index contributed by atoms with van der Waals surface area (Å²) < 4.78 is 5.53. The Morgan fingerprint density at radius 2 is 1.94 bits per heavy atom. The van der Waals surface area contributed by atoms with E-state index in [0.717, 1.165) is 53.2 Å². The fraction of sp³-hybridized carbons (Fsp3) is 0.333. The SMILES string of the molecule is CN=C(NCc1sc(-c2ccccc2)nc1C)NC1CCN(c2ccccc2OC)C1.I. The number of nitrogens with zero attached hydrogens (tertiary/aromatic N) is 3. The molecule has 0 spiro atoms. The molecule has 0 bridgehead atoms. The van der Waals surface area contributed by atoms with Crippen LogP contribution >= 0.6 is 35.3 Å². The molecular formula is C24H30IN5OS. The molecule has 1 fully saturated rings. The molecule has 1 aliphatic heterocycles. The van der Waals surface area contributed by atoms with Crippen LogP contribution in [0.4, 0.5) is 5.69 Å². The van der Waals surface area contributed by atoms with Crippen LogP contribution in [0.15, 0.2) is 59.6 Å². The lowest BCUT2D eigenvalue weighted by atomic mass is 10.2. The Morgan fingerprint density at radius 3 is 2.69 bits per heavy atom. The lowest BCUT2D eigenvalue weighted by molar-refractivity contribution is 0.415. The highest BCUT2D eigenvalue weighted by atomic mass is 127. The van der Waals surface area contributed by atoms with E-state index in [2.05, 4.69) is 51.7 Å². The number of guanidine groups is 1. The largest absolute Gasteiger partial charge is 0.495 e. The van der Waals surface area contributed by atoms with Crippen molar-refractivity contribution in [2.75, 3.05) is 32.1 Å². The Morgan fingerprint density at radius 1 is 1.19 bits per heavy atom. The Balaban J connectivity index is 0.00000289. The van der Waals surface area contributed by atoms with Crippen LogP contribution in [0.1, 0.15) is 17.0 Å². The summed E-state index contributed by atoms with van der Waals surface area (Å²) in [5, 5.41) is 8.09.